The van der Waals surface area contributed by atoms with Crippen LogP contribution in [0.1, 0.15) is 12.8 Å². The molecule has 1 aromatic rings. The second-order valence-corrected chi connectivity index (χ2v) is 7.61. The van der Waals surface area contributed by atoms with Gasteiger partial charge in [-0.25, -0.2) is 8.42 Å². The molecular formula is C14H17NO5S. The first kappa shape index (κ1) is 14.2. The number of carbonyl (C=O) groups excluding carboxylic acids is 1. The van der Waals surface area contributed by atoms with Crippen LogP contribution in [0.2, 0.25) is 0 Å². The third kappa shape index (κ3) is 3.47. The number of hydrogen-bond acceptors (Lipinski definition) is 5. The average Bonchev–Trinajstić information content (AvgIpc) is 2.77. The van der Waals surface area contributed by atoms with Gasteiger partial charge in [0.05, 0.1) is 11.5 Å². The Kier molecular flexibility index (Phi) is 3.75. The minimum atomic E-state index is -2.94. The molecule has 2 aliphatic rings. The Morgan fingerprint density at radius 2 is 2.00 bits per heavy atom. The van der Waals surface area contributed by atoms with E-state index >= 15 is 0 Å². The minimum absolute atomic E-state index is 0.0767. The van der Waals surface area contributed by atoms with E-state index in [9.17, 15) is 13.2 Å². The highest BCUT2D eigenvalue weighted by molar-refractivity contribution is 7.91. The molecule has 1 atom stereocenters. The number of anilines is 1. The fraction of sp³-hybridized carbons (Fsp3) is 0.500. The molecule has 21 heavy (non-hydrogen) atoms. The molecule has 0 spiro atoms. The summed E-state index contributed by atoms with van der Waals surface area (Å²) in [6, 6.07) is 5.22. The molecule has 1 unspecified atom stereocenters. The first-order chi connectivity index (χ1) is 10.0. The summed E-state index contributed by atoms with van der Waals surface area (Å²) < 4.78 is 33.6. The molecule has 114 valence electrons. The van der Waals surface area contributed by atoms with Gasteiger partial charge in [0, 0.05) is 18.2 Å². The van der Waals surface area contributed by atoms with E-state index in [-0.39, 0.29) is 29.8 Å². The lowest BCUT2D eigenvalue weighted by Gasteiger charge is -2.19. The van der Waals surface area contributed by atoms with Gasteiger partial charge in [-0.2, -0.15) is 0 Å². The maximum Gasteiger partial charge on any atom is 0.224 e. The van der Waals surface area contributed by atoms with Crippen LogP contribution in [0.25, 0.3) is 0 Å². The van der Waals surface area contributed by atoms with Crippen LogP contribution in [0.15, 0.2) is 18.2 Å². The predicted molar refractivity (Wildman–Crippen MR) is 77.4 cm³/mol. The smallest absolute Gasteiger partial charge is 0.224 e. The maximum absolute atomic E-state index is 12.0. The van der Waals surface area contributed by atoms with Crippen LogP contribution in [0.5, 0.6) is 11.5 Å². The first-order valence-electron chi connectivity index (χ1n) is 6.92. The molecule has 3 rings (SSSR count). The van der Waals surface area contributed by atoms with Crippen LogP contribution in [0.4, 0.5) is 5.69 Å². The summed E-state index contributed by atoms with van der Waals surface area (Å²) in [7, 11) is -2.94. The number of hydrogen-bond donors (Lipinski definition) is 1. The monoisotopic (exact) mass is 311 g/mol. The minimum Gasteiger partial charge on any atom is -0.486 e. The lowest BCUT2D eigenvalue weighted by molar-refractivity contribution is -0.116. The molecule has 7 heteroatoms. The number of benzene rings is 1. The quantitative estimate of drug-likeness (QED) is 0.907. The van der Waals surface area contributed by atoms with Crippen molar-refractivity contribution >= 4 is 21.4 Å². The third-order valence-corrected chi connectivity index (χ3v) is 5.46. The molecule has 6 nitrogen and oxygen atoms in total. The van der Waals surface area contributed by atoms with Gasteiger partial charge in [-0.15, -0.1) is 0 Å². The highest BCUT2D eigenvalue weighted by Gasteiger charge is 2.29. The molecule has 0 aliphatic carbocycles. The van der Waals surface area contributed by atoms with Gasteiger partial charge in [-0.1, -0.05) is 0 Å². The summed E-state index contributed by atoms with van der Waals surface area (Å²) in [4.78, 5) is 12.0. The second kappa shape index (κ2) is 5.55. The average molecular weight is 311 g/mol. The van der Waals surface area contributed by atoms with Gasteiger partial charge in [0.2, 0.25) is 5.91 Å². The first-order valence-corrected chi connectivity index (χ1v) is 8.74. The van der Waals surface area contributed by atoms with Crippen LogP contribution in [-0.2, 0) is 14.6 Å². The zero-order valence-corrected chi connectivity index (χ0v) is 12.3. The van der Waals surface area contributed by atoms with Gasteiger partial charge in [0.1, 0.15) is 13.2 Å². The molecule has 1 amide bonds. The number of nitrogens with one attached hydrogen (secondary N) is 1. The Morgan fingerprint density at radius 3 is 2.71 bits per heavy atom. The molecule has 2 aliphatic heterocycles. The Hall–Kier alpha value is -1.76. The molecule has 1 aromatic carbocycles. The molecule has 0 aromatic heterocycles. The van der Waals surface area contributed by atoms with Crippen molar-refractivity contribution in [3.63, 3.8) is 0 Å². The molecule has 0 bridgehead atoms. The Morgan fingerprint density at radius 1 is 1.24 bits per heavy atom. The van der Waals surface area contributed by atoms with Gasteiger partial charge >= 0.3 is 0 Å². The van der Waals surface area contributed by atoms with Crippen molar-refractivity contribution in [3.8, 4) is 11.5 Å². The largest absolute Gasteiger partial charge is 0.486 e. The van der Waals surface area contributed by atoms with Crippen LogP contribution < -0.4 is 14.8 Å². The van der Waals surface area contributed by atoms with Crippen molar-refractivity contribution in [2.24, 2.45) is 5.92 Å². The highest BCUT2D eigenvalue weighted by Crippen LogP contribution is 2.32. The van der Waals surface area contributed by atoms with Crippen molar-refractivity contribution in [2.45, 2.75) is 12.8 Å². The van der Waals surface area contributed by atoms with E-state index in [2.05, 4.69) is 5.32 Å². The molecule has 1 saturated heterocycles. The van der Waals surface area contributed by atoms with Crippen molar-refractivity contribution in [1.29, 1.82) is 0 Å². The van der Waals surface area contributed by atoms with E-state index in [1.54, 1.807) is 18.2 Å². The van der Waals surface area contributed by atoms with E-state index in [0.717, 1.165) is 0 Å². The molecule has 1 fully saturated rings. The van der Waals surface area contributed by atoms with E-state index in [4.69, 9.17) is 9.47 Å². The number of fused-ring (bicyclic) bond motifs is 1. The number of sulfone groups is 1. The molecular weight excluding hydrogens is 294 g/mol. The summed E-state index contributed by atoms with van der Waals surface area (Å²) in [5.74, 6) is 1.33. The Balaban J connectivity index is 1.60. The van der Waals surface area contributed by atoms with Crippen LogP contribution in [0.3, 0.4) is 0 Å². The summed E-state index contributed by atoms with van der Waals surface area (Å²) in [6.45, 7) is 1.01. The van der Waals surface area contributed by atoms with Gasteiger partial charge in [0.25, 0.3) is 0 Å². The molecule has 0 radical (unpaired) electrons. The molecule has 2 heterocycles. The van der Waals surface area contributed by atoms with E-state index in [0.29, 0.717) is 36.8 Å². The standard InChI is InChI=1S/C14H17NO5S/c16-14(7-10-3-6-21(17,18)9-10)15-11-1-2-12-13(8-11)20-5-4-19-12/h1-2,8,10H,3-7,9H2,(H,15,16). The Labute approximate surface area is 123 Å². The van der Waals surface area contributed by atoms with Crippen molar-refractivity contribution < 1.29 is 22.7 Å². The van der Waals surface area contributed by atoms with Crippen molar-refractivity contribution in [1.82, 2.24) is 0 Å². The highest BCUT2D eigenvalue weighted by atomic mass is 32.2. The van der Waals surface area contributed by atoms with Crippen molar-refractivity contribution in [2.75, 3.05) is 30.0 Å². The van der Waals surface area contributed by atoms with Gasteiger partial charge in [-0.05, 0) is 24.5 Å². The lowest BCUT2D eigenvalue weighted by atomic mass is 10.1. The van der Waals surface area contributed by atoms with Gasteiger partial charge < -0.3 is 14.8 Å². The zero-order valence-electron chi connectivity index (χ0n) is 11.5. The summed E-state index contributed by atoms with van der Waals surface area (Å²) in [6.07, 6.45) is 0.796. The summed E-state index contributed by atoms with van der Waals surface area (Å²) in [5.41, 5.74) is 0.630. The number of carbonyl (C=O) groups is 1. The fourth-order valence-electron chi connectivity index (χ4n) is 2.63. The van der Waals surface area contributed by atoms with Gasteiger partial charge in [-0.3, -0.25) is 4.79 Å². The Bertz CT molecular complexity index is 655. The summed E-state index contributed by atoms with van der Waals surface area (Å²) in [5, 5.41) is 2.78. The van der Waals surface area contributed by atoms with Crippen molar-refractivity contribution in [3.05, 3.63) is 18.2 Å². The normalized spacial score (nSPS) is 22.8. The number of rotatable bonds is 3. The van der Waals surface area contributed by atoms with E-state index < -0.39 is 9.84 Å². The third-order valence-electron chi connectivity index (χ3n) is 3.63. The van der Waals surface area contributed by atoms with Crippen LogP contribution >= 0.6 is 0 Å². The maximum atomic E-state index is 12.0. The summed E-state index contributed by atoms with van der Waals surface area (Å²) >= 11 is 0. The topological polar surface area (TPSA) is 81.7 Å². The zero-order chi connectivity index (χ0) is 14.9. The van der Waals surface area contributed by atoms with E-state index in [1.807, 2.05) is 0 Å². The lowest BCUT2D eigenvalue weighted by Crippen LogP contribution is -2.18. The van der Waals surface area contributed by atoms with Crippen LogP contribution in [-0.4, -0.2) is 39.0 Å². The predicted octanol–water partition coefficient (Wildman–Crippen LogP) is 1.22. The van der Waals surface area contributed by atoms with Gasteiger partial charge in [0.15, 0.2) is 21.3 Å². The molecule has 0 saturated carbocycles. The van der Waals surface area contributed by atoms with E-state index in [1.165, 1.54) is 0 Å². The number of ether oxygens (including phenoxy) is 2. The van der Waals surface area contributed by atoms with Crippen LogP contribution in [0, 0.1) is 5.92 Å². The SMILES string of the molecule is O=C(CC1CCS(=O)(=O)C1)Nc1ccc2c(c1)OCCO2. The second-order valence-electron chi connectivity index (χ2n) is 5.38. The fourth-order valence-corrected chi connectivity index (χ4v) is 4.49. The number of amides is 1. The molecule has 1 N–H and O–H groups in total.